The van der Waals surface area contributed by atoms with Gasteiger partial charge in [0.15, 0.2) is 0 Å². The maximum Gasteiger partial charge on any atom is 0.251 e. The molecule has 1 aliphatic heterocycles. The Morgan fingerprint density at radius 1 is 1.10 bits per heavy atom. The molecule has 0 radical (unpaired) electrons. The maximum absolute atomic E-state index is 12.7. The summed E-state index contributed by atoms with van der Waals surface area (Å²) in [6.45, 7) is 1.92. The predicted molar refractivity (Wildman–Crippen MR) is 107 cm³/mol. The first-order chi connectivity index (χ1) is 14.0. The minimum absolute atomic E-state index is 0.0986. The Labute approximate surface area is 170 Å². The molecule has 9 heteroatoms. The fourth-order valence-electron chi connectivity index (χ4n) is 2.84. The molecular formula is C20H24N2O6S. The van der Waals surface area contributed by atoms with Crippen LogP contribution >= 0.6 is 0 Å². The number of ether oxygens (including phenoxy) is 3. The van der Waals surface area contributed by atoms with Crippen LogP contribution in [0.15, 0.2) is 53.4 Å². The van der Waals surface area contributed by atoms with Gasteiger partial charge >= 0.3 is 0 Å². The lowest BCUT2D eigenvalue weighted by Gasteiger charge is -2.26. The van der Waals surface area contributed by atoms with Crippen molar-refractivity contribution in [3.63, 3.8) is 0 Å². The van der Waals surface area contributed by atoms with Crippen LogP contribution in [0.5, 0.6) is 11.5 Å². The van der Waals surface area contributed by atoms with Crippen molar-refractivity contribution in [2.45, 2.75) is 4.90 Å². The van der Waals surface area contributed by atoms with Gasteiger partial charge in [0.2, 0.25) is 10.0 Å². The number of nitrogens with one attached hydrogen (secondary N) is 1. The van der Waals surface area contributed by atoms with Gasteiger partial charge in [0.25, 0.3) is 5.91 Å². The van der Waals surface area contributed by atoms with E-state index in [9.17, 15) is 13.2 Å². The predicted octanol–water partition coefficient (Wildman–Crippen LogP) is 1.52. The molecule has 2 aromatic carbocycles. The van der Waals surface area contributed by atoms with Gasteiger partial charge in [-0.1, -0.05) is 6.07 Å². The highest BCUT2D eigenvalue weighted by Crippen LogP contribution is 2.19. The average molecular weight is 420 g/mol. The summed E-state index contributed by atoms with van der Waals surface area (Å²) >= 11 is 0. The van der Waals surface area contributed by atoms with Gasteiger partial charge < -0.3 is 19.5 Å². The number of morpholine rings is 1. The van der Waals surface area contributed by atoms with E-state index in [2.05, 4.69) is 5.32 Å². The molecule has 3 rings (SSSR count). The van der Waals surface area contributed by atoms with E-state index in [1.165, 1.54) is 16.4 Å². The molecule has 1 amide bonds. The molecule has 1 fully saturated rings. The average Bonchev–Trinajstić information content (AvgIpc) is 2.77. The van der Waals surface area contributed by atoms with Crippen molar-refractivity contribution in [2.24, 2.45) is 0 Å². The molecule has 8 nitrogen and oxygen atoms in total. The van der Waals surface area contributed by atoms with Gasteiger partial charge in [0.05, 0.1) is 31.8 Å². The first-order valence-electron chi connectivity index (χ1n) is 9.24. The van der Waals surface area contributed by atoms with E-state index in [0.717, 1.165) is 5.75 Å². The van der Waals surface area contributed by atoms with Gasteiger partial charge in [-0.15, -0.1) is 0 Å². The van der Waals surface area contributed by atoms with Gasteiger partial charge in [-0.05, 0) is 42.5 Å². The van der Waals surface area contributed by atoms with E-state index in [4.69, 9.17) is 14.2 Å². The lowest BCUT2D eigenvalue weighted by atomic mass is 10.2. The van der Waals surface area contributed by atoms with E-state index in [0.29, 0.717) is 32.1 Å². The number of amides is 1. The van der Waals surface area contributed by atoms with E-state index in [1.54, 1.807) is 43.5 Å². The molecule has 1 saturated heterocycles. The van der Waals surface area contributed by atoms with Gasteiger partial charge in [0.1, 0.15) is 18.1 Å². The second-order valence-electron chi connectivity index (χ2n) is 6.32. The number of sulfonamides is 1. The van der Waals surface area contributed by atoms with E-state index < -0.39 is 10.0 Å². The monoisotopic (exact) mass is 420 g/mol. The molecule has 1 N–H and O–H groups in total. The molecule has 0 atom stereocenters. The highest BCUT2D eigenvalue weighted by molar-refractivity contribution is 7.89. The number of benzene rings is 2. The van der Waals surface area contributed by atoms with Crippen LogP contribution in [0.4, 0.5) is 0 Å². The highest BCUT2D eigenvalue weighted by atomic mass is 32.2. The largest absolute Gasteiger partial charge is 0.497 e. The molecule has 0 aliphatic carbocycles. The van der Waals surface area contributed by atoms with Crippen molar-refractivity contribution in [3.8, 4) is 11.5 Å². The van der Waals surface area contributed by atoms with Crippen molar-refractivity contribution < 1.29 is 27.4 Å². The van der Waals surface area contributed by atoms with Crippen LogP contribution in [0.2, 0.25) is 0 Å². The van der Waals surface area contributed by atoms with Crippen LogP contribution in [-0.2, 0) is 14.8 Å². The van der Waals surface area contributed by atoms with Crippen LogP contribution in [0.1, 0.15) is 10.4 Å². The van der Waals surface area contributed by atoms with Gasteiger partial charge in [-0.2, -0.15) is 4.31 Å². The lowest BCUT2D eigenvalue weighted by molar-refractivity contribution is 0.0730. The third-order valence-electron chi connectivity index (χ3n) is 4.42. The van der Waals surface area contributed by atoms with Crippen molar-refractivity contribution in [3.05, 3.63) is 54.1 Å². The summed E-state index contributed by atoms with van der Waals surface area (Å²) < 4.78 is 42.7. The highest BCUT2D eigenvalue weighted by Gasteiger charge is 2.26. The van der Waals surface area contributed by atoms with Crippen LogP contribution in [0.25, 0.3) is 0 Å². The number of carbonyl (C=O) groups is 1. The topological polar surface area (TPSA) is 94.2 Å². The Kier molecular flexibility index (Phi) is 7.08. The summed E-state index contributed by atoms with van der Waals surface area (Å²) in [4.78, 5) is 12.5. The molecule has 2 aromatic rings. The molecule has 0 bridgehead atoms. The molecule has 0 unspecified atom stereocenters. The number of rotatable bonds is 8. The zero-order valence-electron chi connectivity index (χ0n) is 16.2. The fourth-order valence-corrected chi connectivity index (χ4v) is 4.30. The van der Waals surface area contributed by atoms with Crippen molar-refractivity contribution in [1.82, 2.24) is 9.62 Å². The molecule has 156 valence electrons. The third kappa shape index (κ3) is 5.47. The van der Waals surface area contributed by atoms with E-state index in [-0.39, 0.29) is 29.5 Å². The minimum Gasteiger partial charge on any atom is -0.497 e. The van der Waals surface area contributed by atoms with E-state index >= 15 is 0 Å². The van der Waals surface area contributed by atoms with Crippen LogP contribution in [0, 0.1) is 0 Å². The first kappa shape index (κ1) is 21.1. The van der Waals surface area contributed by atoms with Gasteiger partial charge in [-0.25, -0.2) is 8.42 Å². The quantitative estimate of drug-likeness (QED) is 0.651. The number of hydrogen-bond donors (Lipinski definition) is 1. The third-order valence-corrected chi connectivity index (χ3v) is 6.31. The molecule has 0 spiro atoms. The number of hydrogen-bond acceptors (Lipinski definition) is 6. The van der Waals surface area contributed by atoms with Gasteiger partial charge in [0, 0.05) is 18.7 Å². The van der Waals surface area contributed by atoms with Crippen LogP contribution in [0.3, 0.4) is 0 Å². The second kappa shape index (κ2) is 9.73. The Morgan fingerprint density at radius 2 is 1.79 bits per heavy atom. The van der Waals surface area contributed by atoms with Gasteiger partial charge in [-0.3, -0.25) is 4.79 Å². The van der Waals surface area contributed by atoms with Crippen LogP contribution in [-0.4, -0.2) is 65.2 Å². The molecule has 0 saturated carbocycles. The Balaban J connectivity index is 1.54. The second-order valence-corrected chi connectivity index (χ2v) is 8.26. The number of nitrogens with zero attached hydrogens (tertiary/aromatic N) is 1. The van der Waals surface area contributed by atoms with Crippen molar-refractivity contribution >= 4 is 15.9 Å². The van der Waals surface area contributed by atoms with E-state index in [1.807, 2.05) is 0 Å². The summed E-state index contributed by atoms with van der Waals surface area (Å²) in [6, 6.07) is 13.2. The molecule has 1 heterocycles. The standard InChI is InChI=1S/C20H24N2O6S/c1-26-17-5-7-18(8-6-17)28-12-9-21-20(23)16-3-2-4-19(15-16)29(24,25)22-10-13-27-14-11-22/h2-8,15H,9-14H2,1H3,(H,21,23). The zero-order chi connectivity index (χ0) is 20.7. The zero-order valence-corrected chi connectivity index (χ0v) is 17.0. The Morgan fingerprint density at radius 3 is 2.48 bits per heavy atom. The molecule has 1 aliphatic rings. The number of methoxy groups -OCH3 is 1. The smallest absolute Gasteiger partial charge is 0.251 e. The Hall–Kier alpha value is -2.62. The molecule has 29 heavy (non-hydrogen) atoms. The fraction of sp³-hybridized carbons (Fsp3) is 0.350. The summed E-state index contributed by atoms with van der Waals surface area (Å²) in [5.41, 5.74) is 0.281. The van der Waals surface area contributed by atoms with Crippen LogP contribution < -0.4 is 14.8 Å². The lowest BCUT2D eigenvalue weighted by Crippen LogP contribution is -2.40. The SMILES string of the molecule is COc1ccc(OCCNC(=O)c2cccc(S(=O)(=O)N3CCOCC3)c2)cc1. The minimum atomic E-state index is -3.65. The molecular weight excluding hydrogens is 396 g/mol. The van der Waals surface area contributed by atoms with Crippen molar-refractivity contribution in [2.75, 3.05) is 46.6 Å². The van der Waals surface area contributed by atoms with Crippen molar-refractivity contribution in [1.29, 1.82) is 0 Å². The summed E-state index contributed by atoms with van der Waals surface area (Å²) in [5.74, 6) is 1.04. The Bertz CT molecular complexity index is 924. The number of carbonyl (C=O) groups excluding carboxylic acids is 1. The summed E-state index contributed by atoms with van der Waals surface area (Å²) in [7, 11) is -2.06. The normalized spacial score (nSPS) is 14.9. The maximum atomic E-state index is 12.7. The molecule has 0 aromatic heterocycles. The first-order valence-corrected chi connectivity index (χ1v) is 10.7. The summed E-state index contributed by atoms with van der Waals surface area (Å²) in [6.07, 6.45) is 0. The summed E-state index contributed by atoms with van der Waals surface area (Å²) in [5, 5.41) is 2.73.